The van der Waals surface area contributed by atoms with Gasteiger partial charge in [-0.3, -0.25) is 0 Å². The van der Waals surface area contributed by atoms with Crippen molar-refractivity contribution in [3.05, 3.63) is 38.6 Å². The molecule has 7 heteroatoms. The zero-order chi connectivity index (χ0) is 16.8. The van der Waals surface area contributed by atoms with Crippen molar-refractivity contribution in [2.45, 2.75) is 13.0 Å². The molecule has 0 radical (unpaired) electrons. The van der Waals surface area contributed by atoms with E-state index in [-0.39, 0.29) is 0 Å². The van der Waals surface area contributed by atoms with Gasteiger partial charge < -0.3 is 4.90 Å². The largest absolute Gasteiger partial charge is 0.302 e. The third-order valence-corrected chi connectivity index (χ3v) is 7.12. The molecule has 0 atom stereocenters. The molecule has 2 aromatic rings. The maximum absolute atomic E-state index is 12.0. The second kappa shape index (κ2) is 6.18. The van der Waals surface area contributed by atoms with Crippen molar-refractivity contribution in [3.63, 3.8) is 0 Å². The van der Waals surface area contributed by atoms with Crippen molar-refractivity contribution < 1.29 is 8.42 Å². The van der Waals surface area contributed by atoms with Crippen LogP contribution < -0.4 is 0 Å². The lowest BCUT2D eigenvalue weighted by molar-refractivity contribution is 0.337. The maximum atomic E-state index is 12.0. The summed E-state index contributed by atoms with van der Waals surface area (Å²) in [5, 5.41) is 3.28. The van der Waals surface area contributed by atoms with Crippen molar-refractivity contribution in [1.29, 1.82) is 0 Å². The van der Waals surface area contributed by atoms with Crippen LogP contribution in [-0.4, -0.2) is 45.3 Å². The Morgan fingerprint density at radius 1 is 1.30 bits per heavy atom. The van der Waals surface area contributed by atoms with Gasteiger partial charge in [-0.25, -0.2) is 12.7 Å². The molecule has 1 aromatic heterocycles. The third-order valence-electron chi connectivity index (χ3n) is 4.11. The van der Waals surface area contributed by atoms with Gasteiger partial charge in [0.2, 0.25) is 10.0 Å². The van der Waals surface area contributed by atoms with Crippen molar-refractivity contribution in [3.8, 4) is 0 Å². The molecule has 0 spiro atoms. The average Bonchev–Trinajstić information content (AvgIpc) is 2.71. The summed E-state index contributed by atoms with van der Waals surface area (Å²) in [6.45, 7) is 1.74. The molecule has 0 amide bonds. The van der Waals surface area contributed by atoms with Crippen LogP contribution in [-0.2, 0) is 23.0 Å². The SMILES string of the molecule is CN1CCc2c(Cl)ccc3sc(C=CS(=O)(=O)N(C)C)c(c23)C1. The Balaban J connectivity index is 2.17. The first-order chi connectivity index (χ1) is 10.8. The number of halogens is 1. The van der Waals surface area contributed by atoms with Crippen LogP contribution in [0.25, 0.3) is 16.2 Å². The van der Waals surface area contributed by atoms with Crippen LogP contribution in [0.15, 0.2) is 17.5 Å². The van der Waals surface area contributed by atoms with E-state index < -0.39 is 10.0 Å². The number of thiophene rings is 1. The zero-order valence-electron chi connectivity index (χ0n) is 13.3. The monoisotopic (exact) mass is 370 g/mol. The summed E-state index contributed by atoms with van der Waals surface area (Å²) in [6.07, 6.45) is 2.63. The average molecular weight is 371 g/mol. The summed E-state index contributed by atoms with van der Waals surface area (Å²) in [4.78, 5) is 3.23. The standard InChI is InChI=1S/C16H19ClN2O2S2/c1-18(2)23(20,21)9-7-14-12-10-19(3)8-6-11-13(17)4-5-15(22-14)16(11)12/h4-5,7,9H,6,8,10H2,1-3H3. The number of nitrogens with zero attached hydrogens (tertiary/aromatic N) is 2. The molecule has 1 aliphatic heterocycles. The highest BCUT2D eigenvalue weighted by atomic mass is 35.5. The van der Waals surface area contributed by atoms with Gasteiger partial charge in [0.1, 0.15) is 0 Å². The molecule has 0 saturated heterocycles. The highest BCUT2D eigenvalue weighted by molar-refractivity contribution is 7.92. The lowest BCUT2D eigenvalue weighted by Gasteiger charge is -2.13. The summed E-state index contributed by atoms with van der Waals surface area (Å²) in [6, 6.07) is 3.97. The summed E-state index contributed by atoms with van der Waals surface area (Å²) >= 11 is 8.02. The molecule has 4 nitrogen and oxygen atoms in total. The first-order valence-electron chi connectivity index (χ1n) is 7.31. The smallest absolute Gasteiger partial charge is 0.235 e. The topological polar surface area (TPSA) is 40.6 Å². The zero-order valence-corrected chi connectivity index (χ0v) is 15.7. The normalized spacial score (nSPS) is 16.6. The molecular formula is C16H19ClN2O2S2. The van der Waals surface area contributed by atoms with Crippen LogP contribution in [0.3, 0.4) is 0 Å². The molecule has 23 heavy (non-hydrogen) atoms. The minimum atomic E-state index is -3.36. The van der Waals surface area contributed by atoms with E-state index in [9.17, 15) is 8.42 Å². The van der Waals surface area contributed by atoms with Crippen molar-refractivity contribution in [1.82, 2.24) is 9.21 Å². The van der Waals surface area contributed by atoms with Crippen LogP contribution >= 0.6 is 22.9 Å². The van der Waals surface area contributed by atoms with Gasteiger partial charge >= 0.3 is 0 Å². The molecule has 124 valence electrons. The molecular weight excluding hydrogens is 352 g/mol. The number of hydrogen-bond acceptors (Lipinski definition) is 4. The first-order valence-corrected chi connectivity index (χ1v) is 10.0. The molecule has 0 unspecified atom stereocenters. The van der Waals surface area contributed by atoms with E-state index >= 15 is 0 Å². The summed E-state index contributed by atoms with van der Waals surface area (Å²) in [5.74, 6) is 0. The number of likely N-dealkylation sites (N-methyl/N-ethyl adjacent to an activating group) is 1. The fourth-order valence-electron chi connectivity index (χ4n) is 2.78. The van der Waals surface area contributed by atoms with E-state index in [1.54, 1.807) is 17.4 Å². The molecule has 0 aliphatic carbocycles. The van der Waals surface area contributed by atoms with Gasteiger partial charge in [-0.1, -0.05) is 11.6 Å². The second-order valence-electron chi connectivity index (χ2n) is 5.96. The minimum absolute atomic E-state index is 0.795. The quantitative estimate of drug-likeness (QED) is 0.831. The Hall–Kier alpha value is -0.920. The maximum Gasteiger partial charge on any atom is 0.235 e. The second-order valence-corrected chi connectivity index (χ2v) is 9.49. The lowest BCUT2D eigenvalue weighted by Crippen LogP contribution is -2.19. The molecule has 3 rings (SSSR count). The summed E-state index contributed by atoms with van der Waals surface area (Å²) in [7, 11) is 1.78. The van der Waals surface area contributed by atoms with Crippen molar-refractivity contribution >= 4 is 49.1 Å². The van der Waals surface area contributed by atoms with E-state index in [1.807, 2.05) is 12.1 Å². The predicted octanol–water partition coefficient (Wildman–Crippen LogP) is 3.40. The number of hydrogen-bond donors (Lipinski definition) is 0. The van der Waals surface area contributed by atoms with E-state index in [0.717, 1.165) is 34.1 Å². The van der Waals surface area contributed by atoms with Gasteiger partial charge in [0.25, 0.3) is 0 Å². The van der Waals surface area contributed by atoms with Crippen LogP contribution in [0.1, 0.15) is 16.0 Å². The van der Waals surface area contributed by atoms with Crippen LogP contribution in [0.2, 0.25) is 5.02 Å². The van der Waals surface area contributed by atoms with Crippen molar-refractivity contribution in [2.24, 2.45) is 0 Å². The van der Waals surface area contributed by atoms with Gasteiger partial charge in [-0.2, -0.15) is 0 Å². The van der Waals surface area contributed by atoms with Gasteiger partial charge in [0.15, 0.2) is 0 Å². The molecule has 0 bridgehead atoms. The predicted molar refractivity (Wildman–Crippen MR) is 98.5 cm³/mol. The lowest BCUT2D eigenvalue weighted by atomic mass is 10.0. The van der Waals surface area contributed by atoms with Gasteiger partial charge in [0, 0.05) is 52.6 Å². The molecule has 1 aliphatic rings. The van der Waals surface area contributed by atoms with E-state index in [2.05, 4.69) is 11.9 Å². The molecule has 0 N–H and O–H groups in total. The Morgan fingerprint density at radius 2 is 2.04 bits per heavy atom. The molecule has 0 fully saturated rings. The molecule has 1 aromatic carbocycles. The fourth-order valence-corrected chi connectivity index (χ4v) is 4.81. The Labute approximate surface area is 146 Å². The van der Waals surface area contributed by atoms with Crippen LogP contribution in [0.4, 0.5) is 0 Å². The molecule has 0 saturated carbocycles. The Morgan fingerprint density at radius 3 is 2.74 bits per heavy atom. The Kier molecular flexibility index (Phi) is 4.55. The van der Waals surface area contributed by atoms with Gasteiger partial charge in [-0.15, -0.1) is 11.3 Å². The highest BCUT2D eigenvalue weighted by Crippen LogP contribution is 2.40. The van der Waals surface area contributed by atoms with Gasteiger partial charge in [-0.05, 0) is 42.8 Å². The van der Waals surface area contributed by atoms with E-state index in [0.29, 0.717) is 0 Å². The van der Waals surface area contributed by atoms with E-state index in [4.69, 9.17) is 11.6 Å². The molecule has 2 heterocycles. The Bertz CT molecular complexity index is 885. The van der Waals surface area contributed by atoms with Gasteiger partial charge in [0.05, 0.1) is 0 Å². The van der Waals surface area contributed by atoms with Crippen LogP contribution in [0, 0.1) is 0 Å². The summed E-state index contributed by atoms with van der Waals surface area (Å²) in [5.41, 5.74) is 2.35. The fraction of sp³-hybridized carbons (Fsp3) is 0.375. The number of sulfonamides is 1. The summed E-state index contributed by atoms with van der Waals surface area (Å²) < 4.78 is 26.4. The van der Waals surface area contributed by atoms with Crippen LogP contribution in [0.5, 0.6) is 0 Å². The van der Waals surface area contributed by atoms with E-state index in [1.165, 1.54) is 40.3 Å². The number of benzene rings is 1. The van der Waals surface area contributed by atoms with Crippen molar-refractivity contribution in [2.75, 3.05) is 27.7 Å². The third kappa shape index (κ3) is 3.19. The first kappa shape index (κ1) is 16.9. The number of rotatable bonds is 3. The highest BCUT2D eigenvalue weighted by Gasteiger charge is 2.21. The minimum Gasteiger partial charge on any atom is -0.302 e.